The number of alkyl carbamates (subject to hydrolysis) is 1. The third-order valence-electron chi connectivity index (χ3n) is 1.99. The van der Waals surface area contributed by atoms with Crippen LogP contribution in [-0.4, -0.2) is 29.4 Å². The SMILES string of the molecule is C#CCC(O)CCCCNC(=O)OC(C)(C)C. The first kappa shape index (κ1) is 15.8. The highest BCUT2D eigenvalue weighted by Crippen LogP contribution is 2.07. The van der Waals surface area contributed by atoms with Gasteiger partial charge in [-0.2, -0.15) is 0 Å². The van der Waals surface area contributed by atoms with E-state index in [1.807, 2.05) is 20.8 Å². The lowest BCUT2D eigenvalue weighted by Gasteiger charge is -2.19. The Morgan fingerprint density at radius 2 is 2.12 bits per heavy atom. The zero-order chi connectivity index (χ0) is 13.3. The zero-order valence-corrected chi connectivity index (χ0v) is 11.0. The van der Waals surface area contributed by atoms with Gasteiger partial charge in [-0.15, -0.1) is 12.3 Å². The Kier molecular flexibility index (Phi) is 7.40. The van der Waals surface area contributed by atoms with Gasteiger partial charge in [-0.3, -0.25) is 0 Å². The first-order valence-corrected chi connectivity index (χ1v) is 5.93. The molecule has 0 spiro atoms. The number of aliphatic hydroxyl groups excluding tert-OH is 1. The van der Waals surface area contributed by atoms with Crippen LogP contribution in [0, 0.1) is 12.3 Å². The molecule has 0 aromatic carbocycles. The van der Waals surface area contributed by atoms with Crippen molar-refractivity contribution in [1.29, 1.82) is 0 Å². The minimum absolute atomic E-state index is 0.388. The summed E-state index contributed by atoms with van der Waals surface area (Å²) in [6, 6.07) is 0. The van der Waals surface area contributed by atoms with Crippen LogP contribution in [0.4, 0.5) is 4.79 Å². The van der Waals surface area contributed by atoms with Gasteiger partial charge in [-0.1, -0.05) is 0 Å². The molecule has 0 rings (SSSR count). The lowest BCUT2D eigenvalue weighted by Crippen LogP contribution is -2.33. The maximum absolute atomic E-state index is 11.2. The van der Waals surface area contributed by atoms with Crippen LogP contribution in [0.15, 0.2) is 0 Å². The van der Waals surface area contributed by atoms with E-state index in [0.29, 0.717) is 19.4 Å². The fourth-order valence-corrected chi connectivity index (χ4v) is 1.25. The molecule has 0 fully saturated rings. The summed E-state index contributed by atoms with van der Waals surface area (Å²) in [6.07, 6.45) is 6.94. The Bertz CT molecular complexity index is 263. The van der Waals surface area contributed by atoms with Gasteiger partial charge >= 0.3 is 6.09 Å². The molecule has 4 heteroatoms. The van der Waals surface area contributed by atoms with Gasteiger partial charge in [0.25, 0.3) is 0 Å². The lowest BCUT2D eigenvalue weighted by atomic mass is 10.1. The van der Waals surface area contributed by atoms with Crippen molar-refractivity contribution in [2.75, 3.05) is 6.54 Å². The largest absolute Gasteiger partial charge is 0.444 e. The van der Waals surface area contributed by atoms with E-state index in [4.69, 9.17) is 11.2 Å². The van der Waals surface area contributed by atoms with Crippen molar-refractivity contribution in [3.63, 3.8) is 0 Å². The van der Waals surface area contributed by atoms with Gasteiger partial charge in [0, 0.05) is 13.0 Å². The van der Waals surface area contributed by atoms with Crippen molar-refractivity contribution < 1.29 is 14.6 Å². The summed E-state index contributed by atoms with van der Waals surface area (Å²) in [6.45, 7) is 6.02. The number of hydrogen-bond donors (Lipinski definition) is 2. The van der Waals surface area contributed by atoms with E-state index in [1.165, 1.54) is 0 Å². The van der Waals surface area contributed by atoms with Crippen LogP contribution in [0.3, 0.4) is 0 Å². The summed E-state index contributed by atoms with van der Waals surface area (Å²) in [5, 5.41) is 12.0. The highest BCUT2D eigenvalue weighted by atomic mass is 16.6. The van der Waals surface area contributed by atoms with Crippen molar-refractivity contribution in [1.82, 2.24) is 5.32 Å². The Morgan fingerprint density at radius 1 is 1.47 bits per heavy atom. The summed E-state index contributed by atoms with van der Waals surface area (Å²) >= 11 is 0. The summed E-state index contributed by atoms with van der Waals surface area (Å²) in [4.78, 5) is 11.2. The summed E-state index contributed by atoms with van der Waals surface area (Å²) in [5.41, 5.74) is -0.465. The molecular formula is C13H23NO3. The summed E-state index contributed by atoms with van der Waals surface area (Å²) in [5.74, 6) is 2.41. The van der Waals surface area contributed by atoms with Crippen LogP contribution < -0.4 is 5.32 Å². The third-order valence-corrected chi connectivity index (χ3v) is 1.99. The van der Waals surface area contributed by atoms with E-state index >= 15 is 0 Å². The van der Waals surface area contributed by atoms with E-state index in [-0.39, 0.29) is 0 Å². The molecule has 0 heterocycles. The normalized spacial score (nSPS) is 12.6. The molecule has 0 radical (unpaired) electrons. The van der Waals surface area contributed by atoms with Crippen LogP contribution in [-0.2, 0) is 4.74 Å². The number of amides is 1. The molecule has 0 aliphatic rings. The number of hydrogen-bond acceptors (Lipinski definition) is 3. The van der Waals surface area contributed by atoms with Crippen molar-refractivity contribution in [3.8, 4) is 12.3 Å². The average Bonchev–Trinajstić information content (AvgIpc) is 2.14. The minimum Gasteiger partial charge on any atom is -0.444 e. The van der Waals surface area contributed by atoms with E-state index in [0.717, 1.165) is 12.8 Å². The Morgan fingerprint density at radius 3 is 2.65 bits per heavy atom. The first-order valence-electron chi connectivity index (χ1n) is 5.93. The standard InChI is InChI=1S/C13H23NO3/c1-5-8-11(15)9-6-7-10-14-12(16)17-13(2,3)4/h1,11,15H,6-10H2,2-4H3,(H,14,16). The molecule has 0 aliphatic heterocycles. The number of rotatable bonds is 6. The van der Waals surface area contributed by atoms with E-state index in [2.05, 4.69) is 11.2 Å². The molecule has 1 atom stereocenters. The van der Waals surface area contributed by atoms with Crippen LogP contribution in [0.5, 0.6) is 0 Å². The van der Waals surface area contributed by atoms with Gasteiger partial charge in [0.1, 0.15) is 5.60 Å². The molecule has 98 valence electrons. The lowest BCUT2D eigenvalue weighted by molar-refractivity contribution is 0.0526. The second-order valence-electron chi connectivity index (χ2n) is 4.99. The molecule has 0 aliphatic carbocycles. The predicted octanol–water partition coefficient (Wildman–Crippen LogP) is 2.07. The van der Waals surface area contributed by atoms with Gasteiger partial charge in [0.15, 0.2) is 0 Å². The molecule has 0 saturated carbocycles. The van der Waals surface area contributed by atoms with Crippen molar-refractivity contribution in [2.45, 2.75) is 58.2 Å². The highest BCUT2D eigenvalue weighted by Gasteiger charge is 2.15. The van der Waals surface area contributed by atoms with Gasteiger partial charge in [-0.05, 0) is 40.0 Å². The molecule has 0 saturated heterocycles. The van der Waals surface area contributed by atoms with Crippen LogP contribution >= 0.6 is 0 Å². The molecule has 1 amide bonds. The smallest absolute Gasteiger partial charge is 0.407 e. The molecule has 0 bridgehead atoms. The topological polar surface area (TPSA) is 58.6 Å². The van der Waals surface area contributed by atoms with E-state index in [9.17, 15) is 9.90 Å². The number of nitrogens with one attached hydrogen (secondary N) is 1. The maximum Gasteiger partial charge on any atom is 0.407 e. The van der Waals surface area contributed by atoms with E-state index in [1.54, 1.807) is 0 Å². The van der Waals surface area contributed by atoms with Crippen LogP contribution in [0.2, 0.25) is 0 Å². The van der Waals surface area contributed by atoms with Crippen LogP contribution in [0.25, 0.3) is 0 Å². The molecular weight excluding hydrogens is 218 g/mol. The second-order valence-corrected chi connectivity index (χ2v) is 4.99. The number of carbonyl (C=O) groups excluding carboxylic acids is 1. The van der Waals surface area contributed by atoms with Gasteiger partial charge in [0.2, 0.25) is 0 Å². The minimum atomic E-state index is -0.465. The monoisotopic (exact) mass is 241 g/mol. The first-order chi connectivity index (χ1) is 7.85. The number of unbranched alkanes of at least 4 members (excludes halogenated alkanes) is 1. The quantitative estimate of drug-likeness (QED) is 0.553. The molecule has 1 unspecified atom stereocenters. The Labute approximate surface area is 104 Å². The van der Waals surface area contributed by atoms with Gasteiger partial charge in [0.05, 0.1) is 6.10 Å². The Balaban J connectivity index is 3.46. The van der Waals surface area contributed by atoms with Crippen LogP contribution in [0.1, 0.15) is 46.5 Å². The molecule has 2 N–H and O–H groups in total. The fraction of sp³-hybridized carbons (Fsp3) is 0.769. The Hall–Kier alpha value is -1.21. The van der Waals surface area contributed by atoms with Gasteiger partial charge < -0.3 is 15.2 Å². The van der Waals surface area contributed by atoms with E-state index < -0.39 is 17.8 Å². The fourth-order valence-electron chi connectivity index (χ4n) is 1.25. The molecule has 0 aromatic heterocycles. The predicted molar refractivity (Wildman–Crippen MR) is 67.5 cm³/mol. The van der Waals surface area contributed by atoms with Crippen molar-refractivity contribution in [3.05, 3.63) is 0 Å². The van der Waals surface area contributed by atoms with Gasteiger partial charge in [-0.25, -0.2) is 4.79 Å². The summed E-state index contributed by atoms with van der Waals surface area (Å²) < 4.78 is 5.08. The average molecular weight is 241 g/mol. The summed E-state index contributed by atoms with van der Waals surface area (Å²) in [7, 11) is 0. The van der Waals surface area contributed by atoms with Crippen molar-refractivity contribution >= 4 is 6.09 Å². The maximum atomic E-state index is 11.2. The molecule has 0 aromatic rings. The second kappa shape index (κ2) is 7.97. The van der Waals surface area contributed by atoms with Crippen molar-refractivity contribution in [2.24, 2.45) is 0 Å². The third kappa shape index (κ3) is 11.1. The number of aliphatic hydroxyl groups is 1. The molecule has 17 heavy (non-hydrogen) atoms. The highest BCUT2D eigenvalue weighted by molar-refractivity contribution is 5.67. The number of ether oxygens (including phenoxy) is 1. The number of terminal acetylenes is 1. The number of carbonyl (C=O) groups is 1. The molecule has 4 nitrogen and oxygen atoms in total. The zero-order valence-electron chi connectivity index (χ0n) is 11.0.